The van der Waals surface area contributed by atoms with Gasteiger partial charge in [0.05, 0.1) is 34.9 Å². The summed E-state index contributed by atoms with van der Waals surface area (Å²) in [5.41, 5.74) is 4.08. The first-order valence-corrected chi connectivity index (χ1v) is 29.4. The Hall–Kier alpha value is -9.28. The largest absolute Gasteiger partial charge is 0.463 e. The molecule has 0 aromatic heterocycles. The summed E-state index contributed by atoms with van der Waals surface area (Å²) in [6.07, 6.45) is 0.778. The lowest BCUT2D eigenvalue weighted by atomic mass is 9.80. The second-order valence-corrected chi connectivity index (χ2v) is 26.6. The van der Waals surface area contributed by atoms with E-state index in [1.165, 1.54) is 4.90 Å². The highest BCUT2D eigenvalue weighted by Crippen LogP contribution is 2.58. The van der Waals surface area contributed by atoms with E-state index in [0.29, 0.717) is 67.1 Å². The number of fused-ring (bicyclic) bond motifs is 2. The van der Waals surface area contributed by atoms with Gasteiger partial charge in [-0.1, -0.05) is 145 Å². The molecule has 4 amide bonds. The van der Waals surface area contributed by atoms with Crippen molar-refractivity contribution in [2.75, 3.05) is 19.7 Å². The number of ether oxygens (including phenoxy) is 5. The van der Waals surface area contributed by atoms with Crippen molar-refractivity contribution in [3.8, 4) is 52.1 Å². The van der Waals surface area contributed by atoms with Crippen LogP contribution >= 0.6 is 0 Å². The molecule has 0 unspecified atom stereocenters. The van der Waals surface area contributed by atoms with Crippen molar-refractivity contribution in [2.45, 2.75) is 131 Å². The molecule has 0 radical (unpaired) electrons. The monoisotopic (exact) mass is 1150 g/mol. The van der Waals surface area contributed by atoms with Gasteiger partial charge in [-0.3, -0.25) is 33.8 Å². The summed E-state index contributed by atoms with van der Waals surface area (Å²) in [5.74, 6) is -0.643. The van der Waals surface area contributed by atoms with Gasteiger partial charge >= 0.3 is 5.97 Å². The molecule has 0 bridgehead atoms. The predicted molar refractivity (Wildman–Crippen MR) is 335 cm³/mol. The van der Waals surface area contributed by atoms with E-state index in [2.05, 4.69) is 83.1 Å². The van der Waals surface area contributed by atoms with Crippen LogP contribution in [0.5, 0.6) is 46.0 Å². The molecule has 2 aliphatic rings. The summed E-state index contributed by atoms with van der Waals surface area (Å²) in [4.78, 5) is 76.5. The van der Waals surface area contributed by atoms with Crippen LogP contribution in [0.25, 0.3) is 43.1 Å². The molecule has 2 aliphatic heterocycles. The van der Waals surface area contributed by atoms with Crippen molar-refractivity contribution < 1.29 is 47.7 Å². The minimum Gasteiger partial charge on any atom is -0.463 e. The van der Waals surface area contributed by atoms with Crippen molar-refractivity contribution in [3.05, 3.63) is 166 Å². The third kappa shape index (κ3) is 10.6. The Balaban J connectivity index is 1.33. The van der Waals surface area contributed by atoms with E-state index >= 15 is 19.2 Å². The smallest absolute Gasteiger partial charge is 0.320 e. The van der Waals surface area contributed by atoms with Crippen molar-refractivity contribution in [2.24, 2.45) is 0 Å². The number of rotatable bonds is 15. The quantitative estimate of drug-likeness (QED) is 0.0416. The van der Waals surface area contributed by atoms with E-state index in [4.69, 9.17) is 23.7 Å². The Morgan fingerprint density at radius 1 is 0.407 bits per heavy atom. The van der Waals surface area contributed by atoms with Gasteiger partial charge in [0, 0.05) is 49.6 Å². The van der Waals surface area contributed by atoms with Crippen LogP contribution < -0.4 is 18.9 Å². The summed E-state index contributed by atoms with van der Waals surface area (Å²) in [7, 11) is 0. The first kappa shape index (κ1) is 58.5. The first-order valence-electron chi connectivity index (χ1n) is 29.4. The number of nitriles is 1. The van der Waals surface area contributed by atoms with Crippen LogP contribution in [-0.2, 0) is 31.2 Å². The number of carbonyl (C=O) groups is 5. The number of esters is 1. The van der Waals surface area contributed by atoms with Crippen LogP contribution in [0.2, 0.25) is 0 Å². The molecule has 13 heteroatoms. The van der Waals surface area contributed by atoms with Gasteiger partial charge in [0.15, 0.2) is 0 Å². The average molecular weight is 1150 g/mol. The Morgan fingerprint density at radius 3 is 0.919 bits per heavy atom. The minimum atomic E-state index is -0.799. The highest BCUT2D eigenvalue weighted by Gasteiger charge is 2.42. The van der Waals surface area contributed by atoms with Crippen LogP contribution in [0.1, 0.15) is 173 Å². The molecule has 0 saturated heterocycles. The van der Waals surface area contributed by atoms with Crippen molar-refractivity contribution in [1.29, 1.82) is 5.26 Å². The van der Waals surface area contributed by atoms with Gasteiger partial charge in [0.2, 0.25) is 0 Å². The zero-order valence-corrected chi connectivity index (χ0v) is 51.2. The number of unbranched alkanes of at least 4 members (excludes halogenated alkanes) is 1. The summed E-state index contributed by atoms with van der Waals surface area (Å²) < 4.78 is 34.1. The molecule has 11 rings (SSSR count). The summed E-state index contributed by atoms with van der Waals surface area (Å²) in [6, 6.07) is 39.4. The Bertz CT molecular complexity index is 4030. The molecular formula is C73H71N3O10. The van der Waals surface area contributed by atoms with Gasteiger partial charge in [-0.25, -0.2) is 0 Å². The third-order valence-corrected chi connectivity index (χ3v) is 16.4. The third-order valence-electron chi connectivity index (χ3n) is 16.4. The maximum Gasteiger partial charge on any atom is 0.320 e. The number of nitrogens with zero attached hydrogens (tertiary/aromatic N) is 3. The number of benzene rings is 9. The second kappa shape index (κ2) is 21.7. The van der Waals surface area contributed by atoms with Gasteiger partial charge in [-0.15, -0.1) is 0 Å². The zero-order valence-electron chi connectivity index (χ0n) is 51.2. The maximum atomic E-state index is 15.5. The zero-order chi connectivity index (χ0) is 61.5. The number of hydrogen-bond donors (Lipinski definition) is 0. The van der Waals surface area contributed by atoms with E-state index < -0.39 is 36.0 Å². The standard InChI is InChI=1S/C73H71N3O10/c1-14-15-34-75-66(78)49-37-53(83-45-24-16-41(17-25-45)70(2,3)4)60-62-55(85-47-28-20-43(21-29-47)72(8,9)10)39-51-59-52(69(81)76(68(51)80)35-36-82-57(77)32-33-74)40-56(86-48-30-22-44(23-31-48)73(11,12)13)63(65(59)62)61-54(38-50(67(75)79)58(49)64(60)61)84-46-26-18-42(19-27-46)71(5,6)7/h16-31,37-40H,14-15,32,34-36H2,1-13H3. The molecular weight excluding hydrogens is 1080 g/mol. The molecule has 0 aliphatic carbocycles. The van der Waals surface area contributed by atoms with Crippen LogP contribution in [0.4, 0.5) is 0 Å². The topological polar surface area (TPSA) is 162 Å². The summed E-state index contributed by atoms with van der Waals surface area (Å²) in [6.45, 7) is 26.9. The normalized spacial score (nSPS) is 13.8. The highest BCUT2D eigenvalue weighted by molar-refractivity contribution is 6.44. The van der Waals surface area contributed by atoms with E-state index in [9.17, 15) is 10.1 Å². The molecule has 438 valence electrons. The molecule has 9 aromatic rings. The van der Waals surface area contributed by atoms with Crippen LogP contribution in [0.15, 0.2) is 121 Å². The van der Waals surface area contributed by atoms with Gasteiger partial charge in [0.25, 0.3) is 23.6 Å². The van der Waals surface area contributed by atoms with Crippen LogP contribution in [-0.4, -0.2) is 59.1 Å². The second-order valence-electron chi connectivity index (χ2n) is 26.6. The molecule has 86 heavy (non-hydrogen) atoms. The van der Waals surface area contributed by atoms with Gasteiger partial charge in [-0.2, -0.15) is 5.26 Å². The number of carbonyl (C=O) groups excluding carboxylic acids is 5. The van der Waals surface area contributed by atoms with Gasteiger partial charge < -0.3 is 23.7 Å². The summed E-state index contributed by atoms with van der Waals surface area (Å²) >= 11 is 0. The first-order chi connectivity index (χ1) is 40.7. The highest BCUT2D eigenvalue weighted by atomic mass is 16.5. The molecule has 2 heterocycles. The van der Waals surface area contributed by atoms with E-state index in [-0.39, 0.29) is 92.0 Å². The Morgan fingerprint density at radius 2 is 0.674 bits per heavy atom. The fourth-order valence-corrected chi connectivity index (χ4v) is 11.6. The van der Waals surface area contributed by atoms with Crippen molar-refractivity contribution >= 4 is 72.7 Å². The lowest BCUT2D eigenvalue weighted by Crippen LogP contribution is -2.42. The van der Waals surface area contributed by atoms with Crippen LogP contribution in [0.3, 0.4) is 0 Å². The maximum absolute atomic E-state index is 15.5. The molecule has 0 spiro atoms. The lowest BCUT2D eigenvalue weighted by molar-refractivity contribution is -0.142. The lowest BCUT2D eigenvalue weighted by Gasteiger charge is -2.32. The Kier molecular flexibility index (Phi) is 14.7. The molecule has 0 fully saturated rings. The average Bonchev–Trinajstić information content (AvgIpc) is 0.796. The minimum absolute atomic E-state index is 0.0943. The van der Waals surface area contributed by atoms with Gasteiger partial charge in [-0.05, 0) is 123 Å². The molecule has 0 atom stereocenters. The van der Waals surface area contributed by atoms with Gasteiger partial charge in [0.1, 0.15) is 59.0 Å². The van der Waals surface area contributed by atoms with Crippen molar-refractivity contribution in [1.82, 2.24) is 9.80 Å². The number of amides is 4. The predicted octanol–water partition coefficient (Wildman–Crippen LogP) is 17.5. The van der Waals surface area contributed by atoms with E-state index in [1.807, 2.05) is 104 Å². The number of imide groups is 2. The molecule has 0 N–H and O–H groups in total. The van der Waals surface area contributed by atoms with E-state index in [1.54, 1.807) is 30.3 Å². The van der Waals surface area contributed by atoms with E-state index in [0.717, 1.165) is 33.6 Å². The fourth-order valence-electron chi connectivity index (χ4n) is 11.6. The summed E-state index contributed by atoms with van der Waals surface area (Å²) in [5, 5.41) is 12.2. The number of hydrogen-bond acceptors (Lipinski definition) is 11. The molecule has 13 nitrogen and oxygen atoms in total. The fraction of sp³-hybridized carbons (Fsp3) is 0.315. The van der Waals surface area contributed by atoms with Crippen molar-refractivity contribution in [3.63, 3.8) is 0 Å². The molecule has 0 saturated carbocycles. The Labute approximate surface area is 501 Å². The SMILES string of the molecule is CCCCN1C(=O)c2cc(Oc3ccc(C(C)(C)C)cc3)c3c4c(Oc5ccc(C(C)(C)C)cc5)cc5c6c(cc(Oc7ccc(C(C)(C)C)cc7)c(c7c(Oc8ccc(C(C)(C)C)cc8)cc(c2c37)C1=O)c64)C(=O)N(CCOC(=O)CC#N)C5=O. The van der Waals surface area contributed by atoms with Crippen LogP contribution in [0, 0.1) is 11.3 Å². The molecule has 9 aromatic carbocycles.